The molecule has 0 radical (unpaired) electrons. The van der Waals surface area contributed by atoms with Gasteiger partial charge in [0.2, 0.25) is 5.91 Å². The Balaban J connectivity index is 1.28. The molecule has 0 spiro atoms. The number of rotatable bonds is 7. The van der Waals surface area contributed by atoms with Crippen LogP contribution in [0.15, 0.2) is 67.5 Å². The number of anilines is 3. The maximum Gasteiger partial charge on any atom is 0.246 e. The maximum absolute atomic E-state index is 12.2. The van der Waals surface area contributed by atoms with Gasteiger partial charge < -0.3 is 26.4 Å². The van der Waals surface area contributed by atoms with Crippen molar-refractivity contribution in [3.8, 4) is 22.6 Å². The first-order chi connectivity index (χ1) is 17.0. The molecule has 0 saturated carbocycles. The van der Waals surface area contributed by atoms with Gasteiger partial charge in [-0.3, -0.25) is 4.79 Å². The molecule has 35 heavy (non-hydrogen) atoms. The van der Waals surface area contributed by atoms with Crippen LogP contribution in [-0.4, -0.2) is 39.4 Å². The predicted octanol–water partition coefficient (Wildman–Crippen LogP) is 4.47. The van der Waals surface area contributed by atoms with E-state index in [1.54, 1.807) is 12.1 Å². The van der Waals surface area contributed by atoms with Crippen LogP contribution in [0.2, 0.25) is 0 Å². The Morgan fingerprint density at radius 3 is 2.29 bits per heavy atom. The van der Waals surface area contributed by atoms with E-state index in [1.165, 1.54) is 12.4 Å². The molecule has 5 N–H and O–H groups in total. The normalized spacial score (nSPS) is 20.9. The van der Waals surface area contributed by atoms with Crippen LogP contribution in [0.1, 0.15) is 25.7 Å². The standard InChI is InChI=1S/C27H30N6O2/c1-2-24(34)33-20-7-8-21(33)14-17(13-20)15-30-27-25(26(29)31-16-32-27)18-3-9-22(10-4-18)35-23-11-5-19(28)6-12-23/h2-6,9-12,16-17,20-21H,1,7-8,13-15,28H2,(H3,29,30,31,32). The van der Waals surface area contributed by atoms with Crippen LogP contribution in [0, 0.1) is 5.92 Å². The summed E-state index contributed by atoms with van der Waals surface area (Å²) in [5.74, 6) is 3.06. The van der Waals surface area contributed by atoms with Crippen molar-refractivity contribution >= 4 is 23.2 Å². The molecule has 180 valence electrons. The van der Waals surface area contributed by atoms with E-state index in [-0.39, 0.29) is 5.91 Å². The highest BCUT2D eigenvalue weighted by Crippen LogP contribution is 2.39. The number of nitrogens with zero attached hydrogens (tertiary/aromatic N) is 3. The molecule has 1 amide bonds. The summed E-state index contributed by atoms with van der Waals surface area (Å²) in [6, 6.07) is 15.6. The SMILES string of the molecule is C=CC(=O)N1C2CCC1CC(CNc1ncnc(N)c1-c1ccc(Oc3ccc(N)cc3)cc1)C2. The van der Waals surface area contributed by atoms with E-state index in [0.717, 1.165) is 43.4 Å². The van der Waals surface area contributed by atoms with Gasteiger partial charge in [0.05, 0.1) is 5.56 Å². The summed E-state index contributed by atoms with van der Waals surface area (Å²) in [7, 11) is 0. The van der Waals surface area contributed by atoms with Crippen molar-refractivity contribution < 1.29 is 9.53 Å². The summed E-state index contributed by atoms with van der Waals surface area (Å²) in [6.45, 7) is 4.43. The van der Waals surface area contributed by atoms with E-state index in [1.807, 2.05) is 41.3 Å². The fraction of sp³-hybridized carbons (Fsp3) is 0.296. The molecule has 2 saturated heterocycles. The molecule has 0 aliphatic carbocycles. The summed E-state index contributed by atoms with van der Waals surface area (Å²) < 4.78 is 5.90. The molecule has 8 nitrogen and oxygen atoms in total. The molecular formula is C27H30N6O2. The Bertz CT molecular complexity index is 1200. The van der Waals surface area contributed by atoms with Crippen LogP contribution in [0.3, 0.4) is 0 Å². The molecule has 2 aliphatic rings. The lowest BCUT2D eigenvalue weighted by molar-refractivity contribution is -0.130. The first-order valence-corrected chi connectivity index (χ1v) is 11.9. The molecule has 2 fully saturated rings. The summed E-state index contributed by atoms with van der Waals surface area (Å²) in [4.78, 5) is 23.0. The number of benzene rings is 2. The minimum atomic E-state index is 0.0543. The smallest absolute Gasteiger partial charge is 0.246 e. The van der Waals surface area contributed by atoms with E-state index in [9.17, 15) is 4.79 Å². The van der Waals surface area contributed by atoms with E-state index in [0.29, 0.717) is 46.8 Å². The highest BCUT2D eigenvalue weighted by Gasteiger charge is 2.42. The van der Waals surface area contributed by atoms with Crippen LogP contribution in [0.25, 0.3) is 11.1 Å². The van der Waals surface area contributed by atoms with Crippen molar-refractivity contribution in [1.82, 2.24) is 14.9 Å². The second kappa shape index (κ2) is 9.66. The van der Waals surface area contributed by atoms with Crippen molar-refractivity contribution in [3.63, 3.8) is 0 Å². The van der Waals surface area contributed by atoms with Crippen LogP contribution in [0.4, 0.5) is 17.3 Å². The number of nitrogens with two attached hydrogens (primary N) is 2. The van der Waals surface area contributed by atoms with E-state index in [2.05, 4.69) is 21.9 Å². The molecule has 2 bridgehead atoms. The first-order valence-electron chi connectivity index (χ1n) is 11.9. The number of amides is 1. The van der Waals surface area contributed by atoms with E-state index >= 15 is 0 Å². The highest BCUT2D eigenvalue weighted by atomic mass is 16.5. The minimum Gasteiger partial charge on any atom is -0.457 e. The summed E-state index contributed by atoms with van der Waals surface area (Å²) >= 11 is 0. The Morgan fingerprint density at radius 2 is 1.66 bits per heavy atom. The maximum atomic E-state index is 12.2. The number of carbonyl (C=O) groups is 1. The molecule has 5 rings (SSSR count). The zero-order valence-corrected chi connectivity index (χ0v) is 19.6. The van der Waals surface area contributed by atoms with E-state index in [4.69, 9.17) is 16.2 Å². The van der Waals surface area contributed by atoms with Gasteiger partial charge in [0.1, 0.15) is 29.5 Å². The largest absolute Gasteiger partial charge is 0.457 e. The zero-order valence-electron chi connectivity index (χ0n) is 19.6. The molecule has 3 aromatic rings. The van der Waals surface area contributed by atoms with Gasteiger partial charge in [-0.2, -0.15) is 0 Å². The van der Waals surface area contributed by atoms with Gasteiger partial charge in [0, 0.05) is 24.3 Å². The van der Waals surface area contributed by atoms with Crippen LogP contribution in [-0.2, 0) is 4.79 Å². The molecule has 2 unspecified atom stereocenters. The van der Waals surface area contributed by atoms with Gasteiger partial charge in [-0.25, -0.2) is 9.97 Å². The molecule has 2 aliphatic heterocycles. The van der Waals surface area contributed by atoms with Crippen molar-refractivity contribution in [3.05, 3.63) is 67.5 Å². The third-order valence-electron chi connectivity index (χ3n) is 6.95. The van der Waals surface area contributed by atoms with Crippen LogP contribution < -0.4 is 21.5 Å². The summed E-state index contributed by atoms with van der Waals surface area (Å²) in [6.07, 6.45) is 7.02. The van der Waals surface area contributed by atoms with Gasteiger partial charge in [-0.15, -0.1) is 0 Å². The minimum absolute atomic E-state index is 0.0543. The van der Waals surface area contributed by atoms with Crippen molar-refractivity contribution in [2.24, 2.45) is 5.92 Å². The fourth-order valence-electron chi connectivity index (χ4n) is 5.34. The molecule has 1 aromatic heterocycles. The predicted molar refractivity (Wildman–Crippen MR) is 138 cm³/mol. The number of piperidine rings is 1. The Kier molecular flexibility index (Phi) is 6.27. The molecular weight excluding hydrogens is 440 g/mol. The second-order valence-electron chi connectivity index (χ2n) is 9.23. The molecule has 3 heterocycles. The number of ether oxygens (including phenoxy) is 1. The number of carbonyl (C=O) groups excluding carboxylic acids is 1. The molecule has 2 aromatic carbocycles. The van der Waals surface area contributed by atoms with Gasteiger partial charge in [0.25, 0.3) is 0 Å². The Labute approximate surface area is 205 Å². The first kappa shape index (κ1) is 22.7. The van der Waals surface area contributed by atoms with Gasteiger partial charge in [0.15, 0.2) is 0 Å². The second-order valence-corrected chi connectivity index (χ2v) is 9.23. The monoisotopic (exact) mass is 470 g/mol. The summed E-state index contributed by atoms with van der Waals surface area (Å²) in [5, 5.41) is 3.51. The van der Waals surface area contributed by atoms with Crippen LogP contribution in [0.5, 0.6) is 11.5 Å². The molecule has 2 atom stereocenters. The van der Waals surface area contributed by atoms with Crippen molar-refractivity contribution in [1.29, 1.82) is 0 Å². The fourth-order valence-corrected chi connectivity index (χ4v) is 5.34. The lowest BCUT2D eigenvalue weighted by Crippen LogP contribution is -2.46. The van der Waals surface area contributed by atoms with Gasteiger partial charge in [-0.05, 0) is 79.6 Å². The number of hydrogen-bond donors (Lipinski definition) is 3. The third kappa shape index (κ3) is 4.77. The molecule has 8 heteroatoms. The zero-order chi connectivity index (χ0) is 24.4. The lowest BCUT2D eigenvalue weighted by Gasteiger charge is -2.38. The third-order valence-corrected chi connectivity index (χ3v) is 6.95. The quantitative estimate of drug-likeness (QED) is 0.344. The number of nitrogens with one attached hydrogen (secondary N) is 1. The highest BCUT2D eigenvalue weighted by molar-refractivity contribution is 5.88. The summed E-state index contributed by atoms with van der Waals surface area (Å²) in [5.41, 5.74) is 14.4. The van der Waals surface area contributed by atoms with Crippen LogP contribution >= 0.6 is 0 Å². The average Bonchev–Trinajstić information content (AvgIpc) is 3.14. The average molecular weight is 471 g/mol. The number of nitrogen functional groups attached to an aromatic ring is 2. The number of aromatic nitrogens is 2. The van der Waals surface area contributed by atoms with Gasteiger partial charge >= 0.3 is 0 Å². The van der Waals surface area contributed by atoms with Crippen molar-refractivity contribution in [2.75, 3.05) is 23.3 Å². The topological polar surface area (TPSA) is 119 Å². The number of hydrogen-bond acceptors (Lipinski definition) is 7. The lowest BCUT2D eigenvalue weighted by atomic mass is 9.90. The van der Waals surface area contributed by atoms with Crippen molar-refractivity contribution in [2.45, 2.75) is 37.8 Å². The van der Waals surface area contributed by atoms with Gasteiger partial charge in [-0.1, -0.05) is 18.7 Å². The Hall–Kier alpha value is -4.07. The number of fused-ring (bicyclic) bond motifs is 2. The van der Waals surface area contributed by atoms with E-state index < -0.39 is 0 Å². The Morgan fingerprint density at radius 1 is 1.03 bits per heavy atom.